The number of carbonyl (C=O) groups is 1. The Balaban J connectivity index is 2.71. The zero-order valence-electron chi connectivity index (χ0n) is 6.27. The summed E-state index contributed by atoms with van der Waals surface area (Å²) in [6, 6.07) is 1.95. The van der Waals surface area contributed by atoms with E-state index in [0.29, 0.717) is 5.69 Å². The lowest BCUT2D eigenvalue weighted by Gasteiger charge is -2.12. The monoisotopic (exact) mass is 170 g/mol. The summed E-state index contributed by atoms with van der Waals surface area (Å²) in [6.07, 6.45) is 0.408. The minimum atomic E-state index is -1.29. The van der Waals surface area contributed by atoms with Gasteiger partial charge < -0.3 is 20.9 Å². The van der Waals surface area contributed by atoms with Gasteiger partial charge >= 0.3 is 5.97 Å². The number of aliphatic hydroxyl groups excluding tert-OH is 1. The van der Waals surface area contributed by atoms with Crippen molar-refractivity contribution >= 4 is 5.97 Å². The number of rotatable bonds is 3. The zero-order valence-corrected chi connectivity index (χ0v) is 6.27. The molecule has 1 heterocycles. The number of nitrogens with one attached hydrogen (secondary N) is 1. The van der Waals surface area contributed by atoms with E-state index in [0.717, 1.165) is 0 Å². The summed E-state index contributed by atoms with van der Waals surface area (Å²) in [5.41, 5.74) is 5.59. The Morgan fingerprint density at radius 2 is 2.33 bits per heavy atom. The van der Waals surface area contributed by atoms with Crippen molar-refractivity contribution in [1.29, 1.82) is 0 Å². The lowest BCUT2D eigenvalue weighted by atomic mass is 10.1. The van der Waals surface area contributed by atoms with Crippen LogP contribution in [-0.2, 0) is 4.79 Å². The summed E-state index contributed by atoms with van der Waals surface area (Å²) in [6.45, 7) is 0. The molecule has 5 heteroatoms. The normalized spacial score (nSPS) is 15.5. The van der Waals surface area contributed by atoms with E-state index in [1.165, 1.54) is 0 Å². The lowest BCUT2D eigenvalue weighted by molar-refractivity contribution is -0.141. The molecule has 0 radical (unpaired) electrons. The third-order valence-electron chi connectivity index (χ3n) is 1.57. The standard InChI is InChI=1S/C7H10N2O3/c8-5(7(11)12)6(10)4-2-1-3-9-4/h1-3,5-6,9-10H,8H2,(H,11,12). The summed E-state index contributed by atoms with van der Waals surface area (Å²) >= 11 is 0. The summed E-state index contributed by atoms with van der Waals surface area (Å²) < 4.78 is 0. The van der Waals surface area contributed by atoms with Crippen LogP contribution >= 0.6 is 0 Å². The minimum Gasteiger partial charge on any atom is -0.480 e. The molecule has 0 saturated carbocycles. The highest BCUT2D eigenvalue weighted by Crippen LogP contribution is 2.12. The molecule has 0 aliphatic heterocycles. The Kier molecular flexibility index (Phi) is 2.47. The van der Waals surface area contributed by atoms with Crippen LogP contribution in [0.2, 0.25) is 0 Å². The maximum atomic E-state index is 10.3. The van der Waals surface area contributed by atoms with Crippen molar-refractivity contribution < 1.29 is 15.0 Å². The highest BCUT2D eigenvalue weighted by atomic mass is 16.4. The van der Waals surface area contributed by atoms with Crippen molar-refractivity contribution in [3.05, 3.63) is 24.0 Å². The van der Waals surface area contributed by atoms with Gasteiger partial charge in [-0.3, -0.25) is 4.79 Å². The van der Waals surface area contributed by atoms with Crippen LogP contribution in [0.4, 0.5) is 0 Å². The van der Waals surface area contributed by atoms with Gasteiger partial charge in [-0.15, -0.1) is 0 Å². The molecule has 1 aromatic heterocycles. The molecule has 2 unspecified atom stereocenters. The molecule has 0 amide bonds. The largest absolute Gasteiger partial charge is 0.480 e. The highest BCUT2D eigenvalue weighted by Gasteiger charge is 2.23. The molecule has 0 saturated heterocycles. The predicted molar refractivity (Wildman–Crippen MR) is 41.4 cm³/mol. The highest BCUT2D eigenvalue weighted by molar-refractivity contribution is 5.74. The van der Waals surface area contributed by atoms with E-state index in [1.54, 1.807) is 18.3 Å². The van der Waals surface area contributed by atoms with Gasteiger partial charge in [0.25, 0.3) is 0 Å². The third kappa shape index (κ3) is 1.63. The van der Waals surface area contributed by atoms with Crippen LogP contribution in [0, 0.1) is 0 Å². The maximum absolute atomic E-state index is 10.3. The molecule has 1 aromatic rings. The molecule has 0 aliphatic rings. The molecule has 66 valence electrons. The molecule has 12 heavy (non-hydrogen) atoms. The number of aromatic nitrogens is 1. The number of aliphatic hydroxyl groups is 1. The van der Waals surface area contributed by atoms with Crippen LogP contribution in [0.3, 0.4) is 0 Å². The molecule has 5 N–H and O–H groups in total. The van der Waals surface area contributed by atoms with E-state index in [1.807, 2.05) is 0 Å². The van der Waals surface area contributed by atoms with Gasteiger partial charge in [0.1, 0.15) is 12.1 Å². The number of aliphatic carboxylic acids is 1. The van der Waals surface area contributed by atoms with Gasteiger partial charge in [-0.1, -0.05) is 0 Å². The molecule has 0 fully saturated rings. The van der Waals surface area contributed by atoms with Crippen LogP contribution in [0.1, 0.15) is 11.8 Å². The van der Waals surface area contributed by atoms with Crippen LogP contribution in [-0.4, -0.2) is 27.2 Å². The van der Waals surface area contributed by atoms with Crippen LogP contribution < -0.4 is 5.73 Å². The van der Waals surface area contributed by atoms with E-state index in [4.69, 9.17) is 10.8 Å². The smallest absolute Gasteiger partial charge is 0.323 e. The molecule has 2 atom stereocenters. The van der Waals surface area contributed by atoms with Crippen molar-refractivity contribution in [2.75, 3.05) is 0 Å². The van der Waals surface area contributed by atoms with Crippen molar-refractivity contribution in [3.63, 3.8) is 0 Å². The number of hydrogen-bond acceptors (Lipinski definition) is 3. The van der Waals surface area contributed by atoms with Gasteiger partial charge in [-0.25, -0.2) is 0 Å². The molecular formula is C7H10N2O3. The zero-order chi connectivity index (χ0) is 9.14. The molecule has 0 bridgehead atoms. The van der Waals surface area contributed by atoms with Crippen LogP contribution in [0.25, 0.3) is 0 Å². The van der Waals surface area contributed by atoms with Crippen molar-refractivity contribution in [2.45, 2.75) is 12.1 Å². The molecule has 5 nitrogen and oxygen atoms in total. The average molecular weight is 170 g/mol. The fourth-order valence-electron chi connectivity index (χ4n) is 0.857. The first-order valence-electron chi connectivity index (χ1n) is 3.42. The fraction of sp³-hybridized carbons (Fsp3) is 0.286. The maximum Gasteiger partial charge on any atom is 0.323 e. The quantitative estimate of drug-likeness (QED) is 0.489. The Hall–Kier alpha value is -1.33. The van der Waals surface area contributed by atoms with Gasteiger partial charge in [0, 0.05) is 11.9 Å². The molecule has 0 aliphatic carbocycles. The number of hydrogen-bond donors (Lipinski definition) is 4. The predicted octanol–water partition coefficient (Wildman–Crippen LogP) is -0.540. The lowest BCUT2D eigenvalue weighted by Crippen LogP contribution is -2.36. The van der Waals surface area contributed by atoms with Crippen molar-refractivity contribution in [3.8, 4) is 0 Å². The van der Waals surface area contributed by atoms with Gasteiger partial charge in [0.15, 0.2) is 0 Å². The number of H-pyrrole nitrogens is 1. The Bertz CT molecular complexity index is 258. The number of carboxylic acids is 1. The van der Waals surface area contributed by atoms with Crippen molar-refractivity contribution in [1.82, 2.24) is 4.98 Å². The summed E-state index contributed by atoms with van der Waals surface area (Å²) in [5, 5.41) is 17.8. The first kappa shape index (κ1) is 8.76. The number of nitrogens with two attached hydrogens (primary N) is 1. The average Bonchev–Trinajstić information content (AvgIpc) is 2.53. The second-order valence-electron chi connectivity index (χ2n) is 2.43. The van der Waals surface area contributed by atoms with Gasteiger partial charge in [0.2, 0.25) is 0 Å². The Morgan fingerprint density at radius 1 is 1.67 bits per heavy atom. The topological polar surface area (TPSA) is 99.3 Å². The van der Waals surface area contributed by atoms with Gasteiger partial charge in [-0.05, 0) is 12.1 Å². The van der Waals surface area contributed by atoms with E-state index < -0.39 is 18.1 Å². The molecular weight excluding hydrogens is 160 g/mol. The van der Waals surface area contributed by atoms with Crippen LogP contribution in [0.5, 0.6) is 0 Å². The van der Waals surface area contributed by atoms with Gasteiger partial charge in [0.05, 0.1) is 0 Å². The Labute approximate surface area is 68.8 Å². The van der Waals surface area contributed by atoms with E-state index in [2.05, 4.69) is 4.98 Å². The Morgan fingerprint density at radius 3 is 2.75 bits per heavy atom. The molecule has 0 aromatic carbocycles. The van der Waals surface area contributed by atoms with E-state index in [9.17, 15) is 9.90 Å². The fourth-order valence-corrected chi connectivity index (χ4v) is 0.857. The molecule has 0 spiro atoms. The molecule has 1 rings (SSSR count). The summed E-state index contributed by atoms with van der Waals surface area (Å²) in [7, 11) is 0. The van der Waals surface area contributed by atoms with Gasteiger partial charge in [-0.2, -0.15) is 0 Å². The van der Waals surface area contributed by atoms with E-state index in [-0.39, 0.29) is 0 Å². The third-order valence-corrected chi connectivity index (χ3v) is 1.57. The summed E-state index contributed by atoms with van der Waals surface area (Å²) in [4.78, 5) is 13.0. The number of carboxylic acid groups (broad SMARTS) is 1. The van der Waals surface area contributed by atoms with Crippen molar-refractivity contribution in [2.24, 2.45) is 5.73 Å². The first-order valence-corrected chi connectivity index (χ1v) is 3.42. The second kappa shape index (κ2) is 3.38. The minimum absolute atomic E-state index is 0.407. The summed E-state index contributed by atoms with van der Waals surface area (Å²) in [5.74, 6) is -1.22. The van der Waals surface area contributed by atoms with E-state index >= 15 is 0 Å². The van der Waals surface area contributed by atoms with Crippen LogP contribution in [0.15, 0.2) is 18.3 Å². The second-order valence-corrected chi connectivity index (χ2v) is 2.43. The first-order chi connectivity index (χ1) is 5.63. The number of aromatic amines is 1. The SMILES string of the molecule is NC(C(=O)O)C(O)c1ccc[nH]1.